The Morgan fingerprint density at radius 2 is 2.54 bits per heavy atom. The average molecular weight is 180 g/mol. The third-order valence-electron chi connectivity index (χ3n) is 1.21. The maximum absolute atomic E-state index is 10.0. The highest BCUT2D eigenvalue weighted by Crippen LogP contribution is 2.06. The molecule has 0 radical (unpaired) electrons. The molecule has 1 rings (SSSR count). The van der Waals surface area contributed by atoms with Crippen molar-refractivity contribution in [3.63, 3.8) is 0 Å². The molecule has 0 saturated heterocycles. The first-order valence-electron chi connectivity index (χ1n) is 3.53. The molecule has 68 valence electrons. The van der Waals surface area contributed by atoms with Gasteiger partial charge in [0.15, 0.2) is 5.84 Å². The Labute approximate surface area is 74.3 Å². The normalized spacial score (nSPS) is 11.2. The minimum atomic E-state index is -0.533. The monoisotopic (exact) mass is 180 g/mol. The summed E-state index contributed by atoms with van der Waals surface area (Å²) >= 11 is 0. The first kappa shape index (κ1) is 9.11. The van der Waals surface area contributed by atoms with E-state index in [0.717, 1.165) is 0 Å². The highest BCUT2D eigenvalue weighted by molar-refractivity contribution is 5.83. The minimum absolute atomic E-state index is 0.0296. The van der Waals surface area contributed by atoms with E-state index in [9.17, 15) is 10.1 Å². The van der Waals surface area contributed by atoms with Gasteiger partial charge >= 0.3 is 0 Å². The first-order valence-corrected chi connectivity index (χ1v) is 3.53. The van der Waals surface area contributed by atoms with Crippen LogP contribution in [0.4, 0.5) is 5.69 Å². The lowest BCUT2D eigenvalue weighted by Gasteiger charge is -1.94. The summed E-state index contributed by atoms with van der Waals surface area (Å²) in [6, 6.07) is 3.35. The standard InChI is InChI=1S/C7H8N4O2/c8-7(5-11(12)13)10-6-2-1-3-9-4-6/h1-4H,5H2,(H2,8,10). The lowest BCUT2D eigenvalue weighted by molar-refractivity contribution is -0.463. The Morgan fingerprint density at radius 3 is 3.08 bits per heavy atom. The van der Waals surface area contributed by atoms with Crippen LogP contribution < -0.4 is 5.73 Å². The molecule has 6 heteroatoms. The van der Waals surface area contributed by atoms with E-state index in [4.69, 9.17) is 5.73 Å². The molecule has 0 aliphatic carbocycles. The summed E-state index contributed by atoms with van der Waals surface area (Å²) in [4.78, 5) is 17.1. The van der Waals surface area contributed by atoms with E-state index in [1.54, 1.807) is 18.3 Å². The van der Waals surface area contributed by atoms with Crippen molar-refractivity contribution in [2.75, 3.05) is 6.54 Å². The zero-order chi connectivity index (χ0) is 9.68. The number of rotatable bonds is 3. The third kappa shape index (κ3) is 3.28. The highest BCUT2D eigenvalue weighted by atomic mass is 16.6. The summed E-state index contributed by atoms with van der Waals surface area (Å²) in [5.74, 6) is -0.0296. The number of nitrogens with two attached hydrogens (primary N) is 1. The molecule has 0 aliphatic rings. The Morgan fingerprint density at radius 1 is 1.77 bits per heavy atom. The quantitative estimate of drug-likeness (QED) is 0.314. The molecule has 0 fully saturated rings. The minimum Gasteiger partial charge on any atom is -0.382 e. The molecule has 2 N–H and O–H groups in total. The Bertz CT molecular complexity index is 323. The molecule has 1 aromatic heterocycles. The van der Waals surface area contributed by atoms with Crippen LogP contribution in [-0.4, -0.2) is 22.3 Å². The number of pyridine rings is 1. The van der Waals surface area contributed by atoms with E-state index in [1.165, 1.54) is 6.20 Å². The van der Waals surface area contributed by atoms with Crippen LogP contribution in [0, 0.1) is 10.1 Å². The summed E-state index contributed by atoms with van der Waals surface area (Å²) in [7, 11) is 0. The van der Waals surface area contributed by atoms with Gasteiger partial charge in [-0.05, 0) is 12.1 Å². The van der Waals surface area contributed by atoms with E-state index in [-0.39, 0.29) is 5.84 Å². The van der Waals surface area contributed by atoms with E-state index < -0.39 is 11.5 Å². The van der Waals surface area contributed by atoms with Gasteiger partial charge in [-0.2, -0.15) is 0 Å². The van der Waals surface area contributed by atoms with Crippen molar-refractivity contribution < 1.29 is 4.92 Å². The van der Waals surface area contributed by atoms with Crippen molar-refractivity contribution in [2.45, 2.75) is 0 Å². The number of amidine groups is 1. The van der Waals surface area contributed by atoms with Crippen molar-refractivity contribution >= 4 is 11.5 Å². The third-order valence-corrected chi connectivity index (χ3v) is 1.21. The molecule has 0 amide bonds. The van der Waals surface area contributed by atoms with Gasteiger partial charge in [0, 0.05) is 11.1 Å². The molecular formula is C7H8N4O2. The second-order valence-corrected chi connectivity index (χ2v) is 2.31. The van der Waals surface area contributed by atoms with Gasteiger partial charge in [0.1, 0.15) is 0 Å². The van der Waals surface area contributed by atoms with Crippen molar-refractivity contribution in [3.8, 4) is 0 Å². The van der Waals surface area contributed by atoms with Crippen molar-refractivity contribution in [3.05, 3.63) is 34.6 Å². The summed E-state index contributed by atoms with van der Waals surface area (Å²) < 4.78 is 0. The Hall–Kier alpha value is -1.98. The number of nitro groups is 1. The molecule has 0 bridgehead atoms. The fourth-order valence-corrected chi connectivity index (χ4v) is 0.753. The van der Waals surface area contributed by atoms with Crippen LogP contribution in [-0.2, 0) is 0 Å². The van der Waals surface area contributed by atoms with Crippen LogP contribution >= 0.6 is 0 Å². The van der Waals surface area contributed by atoms with Gasteiger partial charge in [0.2, 0.25) is 0 Å². The zero-order valence-corrected chi connectivity index (χ0v) is 6.75. The number of hydrogen-bond donors (Lipinski definition) is 1. The molecule has 13 heavy (non-hydrogen) atoms. The Balaban J connectivity index is 2.71. The van der Waals surface area contributed by atoms with Gasteiger partial charge in [0.25, 0.3) is 6.54 Å². The predicted molar refractivity (Wildman–Crippen MR) is 47.4 cm³/mol. The first-order chi connectivity index (χ1) is 6.18. The summed E-state index contributed by atoms with van der Waals surface area (Å²) in [5, 5.41) is 10.0. The molecule has 0 unspecified atom stereocenters. The van der Waals surface area contributed by atoms with Gasteiger partial charge in [0.05, 0.1) is 11.9 Å². The lowest BCUT2D eigenvalue weighted by Crippen LogP contribution is -2.22. The smallest absolute Gasteiger partial charge is 0.260 e. The maximum Gasteiger partial charge on any atom is 0.260 e. The lowest BCUT2D eigenvalue weighted by atomic mass is 10.4. The molecule has 0 spiro atoms. The van der Waals surface area contributed by atoms with Crippen LogP contribution in [0.3, 0.4) is 0 Å². The second kappa shape index (κ2) is 4.15. The summed E-state index contributed by atoms with van der Waals surface area (Å²) in [6.07, 6.45) is 3.06. The Kier molecular flexibility index (Phi) is 2.91. The number of nitrogens with zero attached hydrogens (tertiary/aromatic N) is 3. The predicted octanol–water partition coefficient (Wildman–Crippen LogP) is 0.347. The van der Waals surface area contributed by atoms with Gasteiger partial charge in [-0.25, -0.2) is 4.99 Å². The molecule has 0 aromatic carbocycles. The SMILES string of the molecule is NC(C[N+](=O)[O-])=Nc1cccnc1. The number of aromatic nitrogens is 1. The van der Waals surface area contributed by atoms with Crippen LogP contribution in [0.25, 0.3) is 0 Å². The molecule has 0 atom stereocenters. The van der Waals surface area contributed by atoms with Crippen LogP contribution in [0.5, 0.6) is 0 Å². The van der Waals surface area contributed by atoms with Crippen LogP contribution in [0.2, 0.25) is 0 Å². The number of hydrogen-bond acceptors (Lipinski definition) is 4. The molecule has 1 aromatic rings. The molecule has 6 nitrogen and oxygen atoms in total. The van der Waals surface area contributed by atoms with E-state index in [1.807, 2.05) is 0 Å². The van der Waals surface area contributed by atoms with Crippen molar-refractivity contribution in [2.24, 2.45) is 10.7 Å². The maximum atomic E-state index is 10.0. The number of aliphatic imine (C=N–C) groups is 1. The molecule has 1 heterocycles. The average Bonchev–Trinajstić information content (AvgIpc) is 2.04. The van der Waals surface area contributed by atoms with Crippen molar-refractivity contribution in [1.82, 2.24) is 4.98 Å². The van der Waals surface area contributed by atoms with Gasteiger partial charge in [-0.3, -0.25) is 15.1 Å². The van der Waals surface area contributed by atoms with E-state index >= 15 is 0 Å². The zero-order valence-electron chi connectivity index (χ0n) is 6.75. The van der Waals surface area contributed by atoms with Crippen LogP contribution in [0.15, 0.2) is 29.5 Å². The van der Waals surface area contributed by atoms with Gasteiger partial charge in [-0.1, -0.05) is 0 Å². The fourth-order valence-electron chi connectivity index (χ4n) is 0.753. The summed E-state index contributed by atoms with van der Waals surface area (Å²) in [5.41, 5.74) is 5.80. The van der Waals surface area contributed by atoms with Crippen molar-refractivity contribution in [1.29, 1.82) is 0 Å². The second-order valence-electron chi connectivity index (χ2n) is 2.31. The van der Waals surface area contributed by atoms with Gasteiger partial charge in [-0.15, -0.1) is 0 Å². The van der Waals surface area contributed by atoms with Crippen LogP contribution in [0.1, 0.15) is 0 Å². The molecule has 0 saturated carbocycles. The van der Waals surface area contributed by atoms with Gasteiger partial charge < -0.3 is 5.73 Å². The van der Waals surface area contributed by atoms with E-state index in [0.29, 0.717) is 5.69 Å². The molecular weight excluding hydrogens is 172 g/mol. The fraction of sp³-hybridized carbons (Fsp3) is 0.143. The topological polar surface area (TPSA) is 94.4 Å². The highest BCUT2D eigenvalue weighted by Gasteiger charge is 2.01. The summed E-state index contributed by atoms with van der Waals surface area (Å²) in [6.45, 7) is -0.450. The molecule has 0 aliphatic heterocycles. The largest absolute Gasteiger partial charge is 0.382 e. The van der Waals surface area contributed by atoms with E-state index in [2.05, 4.69) is 9.98 Å².